The van der Waals surface area contributed by atoms with Crippen molar-refractivity contribution in [1.82, 2.24) is 0 Å². The molecular weight excluding hydrogens is 318 g/mol. The lowest BCUT2D eigenvalue weighted by Gasteiger charge is -2.14. The van der Waals surface area contributed by atoms with Gasteiger partial charge in [-0.2, -0.15) is 0 Å². The summed E-state index contributed by atoms with van der Waals surface area (Å²) in [7, 11) is 0. The molecule has 24 heavy (non-hydrogen) atoms. The zero-order valence-electron chi connectivity index (χ0n) is 13.6. The predicted molar refractivity (Wildman–Crippen MR) is 101 cm³/mol. The van der Waals surface area contributed by atoms with Gasteiger partial charge in [0.1, 0.15) is 12.4 Å². The molecule has 0 radical (unpaired) electrons. The van der Waals surface area contributed by atoms with Crippen LogP contribution in [0.4, 0.5) is 5.69 Å². The van der Waals surface area contributed by atoms with Gasteiger partial charge in [0.25, 0.3) is 0 Å². The Hall–Kier alpha value is -2.45. The van der Waals surface area contributed by atoms with Crippen molar-refractivity contribution in [2.24, 2.45) is 0 Å². The second-order valence-corrected chi connectivity index (χ2v) is 6.13. The minimum atomic E-state index is 0.502. The number of rotatable bonds is 6. The number of nitrogens with one attached hydrogen (secondary N) is 1. The van der Waals surface area contributed by atoms with Gasteiger partial charge in [-0.15, -0.1) is 0 Å². The van der Waals surface area contributed by atoms with Crippen molar-refractivity contribution in [2.45, 2.75) is 20.1 Å². The van der Waals surface area contributed by atoms with Crippen LogP contribution in [0.2, 0.25) is 5.02 Å². The van der Waals surface area contributed by atoms with Crippen LogP contribution in [0, 0.1) is 6.92 Å². The van der Waals surface area contributed by atoms with Gasteiger partial charge in [-0.25, -0.2) is 0 Å². The van der Waals surface area contributed by atoms with Crippen LogP contribution < -0.4 is 10.1 Å². The van der Waals surface area contributed by atoms with Gasteiger partial charge in [0.2, 0.25) is 0 Å². The fraction of sp³-hybridized carbons (Fsp3) is 0.143. The highest BCUT2D eigenvalue weighted by atomic mass is 35.5. The molecule has 0 aliphatic heterocycles. The second-order valence-electron chi connectivity index (χ2n) is 5.69. The van der Waals surface area contributed by atoms with Crippen molar-refractivity contribution in [1.29, 1.82) is 0 Å². The lowest BCUT2D eigenvalue weighted by Crippen LogP contribution is -2.04. The van der Waals surface area contributed by atoms with Gasteiger partial charge in [0.15, 0.2) is 0 Å². The normalized spacial score (nSPS) is 10.4. The Bertz CT molecular complexity index is 816. The van der Waals surface area contributed by atoms with Crippen molar-refractivity contribution >= 4 is 17.3 Å². The Morgan fingerprint density at radius 3 is 2.54 bits per heavy atom. The summed E-state index contributed by atoms with van der Waals surface area (Å²) in [5, 5.41) is 4.20. The average Bonchev–Trinajstić information content (AvgIpc) is 2.60. The molecule has 1 N–H and O–H groups in total. The number of anilines is 1. The molecule has 2 nitrogen and oxygen atoms in total. The van der Waals surface area contributed by atoms with E-state index in [-0.39, 0.29) is 0 Å². The Balaban J connectivity index is 1.68. The number of benzene rings is 3. The quantitative estimate of drug-likeness (QED) is 0.610. The van der Waals surface area contributed by atoms with Crippen molar-refractivity contribution in [3.63, 3.8) is 0 Å². The van der Waals surface area contributed by atoms with Crippen molar-refractivity contribution in [3.05, 3.63) is 94.5 Å². The molecule has 0 fully saturated rings. The lowest BCUT2D eigenvalue weighted by molar-refractivity contribution is 0.303. The molecule has 3 aromatic carbocycles. The SMILES string of the molecule is Cc1ccccc1NCc1ccccc1OCc1cccc(Cl)c1. The zero-order chi connectivity index (χ0) is 16.8. The van der Waals surface area contributed by atoms with Crippen LogP contribution in [0.25, 0.3) is 0 Å². The molecule has 3 rings (SSSR count). The van der Waals surface area contributed by atoms with Gasteiger partial charge in [0.05, 0.1) is 0 Å². The molecule has 0 amide bonds. The first kappa shape index (κ1) is 16.4. The minimum Gasteiger partial charge on any atom is -0.489 e. The summed E-state index contributed by atoms with van der Waals surface area (Å²) >= 11 is 6.02. The van der Waals surface area contributed by atoms with E-state index in [4.69, 9.17) is 16.3 Å². The molecule has 0 unspecified atom stereocenters. The van der Waals surface area contributed by atoms with Crippen LogP contribution in [-0.2, 0) is 13.2 Å². The smallest absolute Gasteiger partial charge is 0.124 e. The third-order valence-electron chi connectivity index (χ3n) is 3.87. The average molecular weight is 338 g/mol. The van der Waals surface area contributed by atoms with Gasteiger partial charge >= 0.3 is 0 Å². The van der Waals surface area contributed by atoms with E-state index in [0.29, 0.717) is 6.61 Å². The molecule has 3 heteroatoms. The molecule has 0 spiro atoms. The summed E-state index contributed by atoms with van der Waals surface area (Å²) in [5.41, 5.74) is 4.56. The third-order valence-corrected chi connectivity index (χ3v) is 4.11. The van der Waals surface area contributed by atoms with E-state index in [2.05, 4.69) is 30.4 Å². The first-order valence-corrected chi connectivity index (χ1v) is 8.35. The summed E-state index contributed by atoms with van der Waals surface area (Å²) in [6.07, 6.45) is 0. The highest BCUT2D eigenvalue weighted by molar-refractivity contribution is 6.30. The number of para-hydroxylation sites is 2. The largest absolute Gasteiger partial charge is 0.489 e. The van der Waals surface area contributed by atoms with Gasteiger partial charge in [-0.05, 0) is 42.3 Å². The van der Waals surface area contributed by atoms with E-state index < -0.39 is 0 Å². The summed E-state index contributed by atoms with van der Waals surface area (Å²) in [6, 6.07) is 24.1. The van der Waals surface area contributed by atoms with Crippen molar-refractivity contribution in [3.8, 4) is 5.75 Å². The lowest BCUT2D eigenvalue weighted by atomic mass is 10.1. The molecule has 0 aromatic heterocycles. The number of halogens is 1. The number of ether oxygens (including phenoxy) is 1. The van der Waals surface area contributed by atoms with Gasteiger partial charge in [-0.1, -0.05) is 60.1 Å². The highest BCUT2D eigenvalue weighted by Crippen LogP contribution is 2.22. The van der Waals surface area contributed by atoms with Crippen molar-refractivity contribution in [2.75, 3.05) is 5.32 Å². The van der Waals surface area contributed by atoms with Crippen LogP contribution in [0.5, 0.6) is 5.75 Å². The maximum Gasteiger partial charge on any atom is 0.124 e. The van der Waals surface area contributed by atoms with E-state index in [0.717, 1.165) is 34.1 Å². The second kappa shape index (κ2) is 7.89. The van der Waals surface area contributed by atoms with Crippen LogP contribution in [0.15, 0.2) is 72.8 Å². The molecule has 0 atom stereocenters. The maximum atomic E-state index is 6.02. The third kappa shape index (κ3) is 4.30. The summed E-state index contributed by atoms with van der Waals surface area (Å²) in [5.74, 6) is 0.888. The fourth-order valence-electron chi connectivity index (χ4n) is 2.54. The molecular formula is C21H20ClNO. The Labute approximate surface area is 148 Å². The van der Waals surface area contributed by atoms with Gasteiger partial charge in [-0.3, -0.25) is 0 Å². The fourth-order valence-corrected chi connectivity index (χ4v) is 2.75. The number of hydrogen-bond acceptors (Lipinski definition) is 2. The maximum absolute atomic E-state index is 6.02. The van der Waals surface area contributed by atoms with Gasteiger partial charge < -0.3 is 10.1 Å². The van der Waals surface area contributed by atoms with Crippen LogP contribution in [0.3, 0.4) is 0 Å². The molecule has 0 bridgehead atoms. The predicted octanol–water partition coefficient (Wildman–Crippen LogP) is 5.84. The van der Waals surface area contributed by atoms with E-state index >= 15 is 0 Å². The van der Waals surface area contributed by atoms with Gasteiger partial charge in [0, 0.05) is 22.8 Å². The molecule has 3 aromatic rings. The molecule has 0 heterocycles. The van der Waals surface area contributed by atoms with E-state index in [1.54, 1.807) is 0 Å². The van der Waals surface area contributed by atoms with Crippen molar-refractivity contribution < 1.29 is 4.74 Å². The first-order valence-electron chi connectivity index (χ1n) is 7.97. The molecule has 0 saturated heterocycles. The molecule has 0 saturated carbocycles. The standard InChI is InChI=1S/C21H20ClNO/c1-16-7-2-4-11-20(16)23-14-18-9-3-5-12-21(18)24-15-17-8-6-10-19(22)13-17/h2-13,23H,14-15H2,1H3. The number of aryl methyl sites for hydroxylation is 1. The van der Waals surface area contributed by atoms with Crippen LogP contribution in [-0.4, -0.2) is 0 Å². The summed E-state index contributed by atoms with van der Waals surface area (Å²) < 4.78 is 6.00. The van der Waals surface area contributed by atoms with E-state index in [1.807, 2.05) is 54.6 Å². The van der Waals surface area contributed by atoms with E-state index in [9.17, 15) is 0 Å². The molecule has 122 valence electrons. The van der Waals surface area contributed by atoms with Crippen LogP contribution >= 0.6 is 11.6 Å². The zero-order valence-corrected chi connectivity index (χ0v) is 14.4. The highest BCUT2D eigenvalue weighted by Gasteiger charge is 2.05. The van der Waals surface area contributed by atoms with Crippen LogP contribution in [0.1, 0.15) is 16.7 Å². The Morgan fingerprint density at radius 2 is 1.71 bits per heavy atom. The number of hydrogen-bond donors (Lipinski definition) is 1. The summed E-state index contributed by atoms with van der Waals surface area (Å²) in [6.45, 7) is 3.32. The van der Waals surface area contributed by atoms with E-state index in [1.165, 1.54) is 5.56 Å². The Morgan fingerprint density at radius 1 is 0.917 bits per heavy atom. The topological polar surface area (TPSA) is 21.3 Å². The first-order chi connectivity index (χ1) is 11.7. The Kier molecular flexibility index (Phi) is 5.39. The minimum absolute atomic E-state index is 0.502. The molecule has 0 aliphatic carbocycles. The monoisotopic (exact) mass is 337 g/mol. The molecule has 0 aliphatic rings. The summed E-state index contributed by atoms with van der Waals surface area (Å²) in [4.78, 5) is 0.